The van der Waals surface area contributed by atoms with Crippen molar-refractivity contribution in [2.45, 2.75) is 39.7 Å². The molecule has 0 saturated carbocycles. The summed E-state index contributed by atoms with van der Waals surface area (Å²) in [5, 5.41) is 4.14. The van der Waals surface area contributed by atoms with Crippen molar-refractivity contribution >= 4 is 11.7 Å². The fraction of sp³-hybridized carbons (Fsp3) is 0.667. The Balaban J connectivity index is 2.82. The minimum atomic E-state index is -0.0529. The van der Waals surface area contributed by atoms with E-state index in [1.807, 2.05) is 13.8 Å². The van der Waals surface area contributed by atoms with E-state index in [0.29, 0.717) is 11.4 Å². The quantitative estimate of drug-likeness (QED) is 0.852. The van der Waals surface area contributed by atoms with Gasteiger partial charge in [-0.05, 0) is 20.3 Å². The van der Waals surface area contributed by atoms with E-state index < -0.39 is 0 Å². The number of carbonyl (C=O) groups is 1. The lowest BCUT2D eigenvalue weighted by Gasteiger charge is -2.16. The topological polar surface area (TPSA) is 64.2 Å². The van der Waals surface area contributed by atoms with Gasteiger partial charge in [-0.2, -0.15) is 5.10 Å². The summed E-state index contributed by atoms with van der Waals surface area (Å²) < 4.78 is 1.67. The van der Waals surface area contributed by atoms with Gasteiger partial charge in [0.1, 0.15) is 11.4 Å². The maximum Gasteiger partial charge on any atom is 0.258 e. The van der Waals surface area contributed by atoms with Crippen molar-refractivity contribution in [1.29, 1.82) is 0 Å². The zero-order valence-corrected chi connectivity index (χ0v) is 11.1. The first-order chi connectivity index (χ1) is 7.99. The van der Waals surface area contributed by atoms with Gasteiger partial charge in [-0.15, -0.1) is 0 Å². The Labute approximate surface area is 103 Å². The Morgan fingerprint density at radius 2 is 2.24 bits per heavy atom. The summed E-state index contributed by atoms with van der Waals surface area (Å²) in [5.41, 5.74) is 6.42. The van der Waals surface area contributed by atoms with Gasteiger partial charge in [-0.1, -0.05) is 13.3 Å². The summed E-state index contributed by atoms with van der Waals surface area (Å²) in [4.78, 5) is 13.8. The van der Waals surface area contributed by atoms with Gasteiger partial charge >= 0.3 is 0 Å². The largest absolute Gasteiger partial charge is 0.383 e. The number of unbranched alkanes of at least 4 members (excludes halogenated alkanes) is 1. The van der Waals surface area contributed by atoms with E-state index in [-0.39, 0.29) is 11.9 Å². The predicted octanol–water partition coefficient (Wildman–Crippen LogP) is 1.92. The maximum atomic E-state index is 12.1. The number of amides is 1. The van der Waals surface area contributed by atoms with Crippen LogP contribution in [0.4, 0.5) is 5.82 Å². The van der Waals surface area contributed by atoms with Gasteiger partial charge < -0.3 is 10.6 Å². The van der Waals surface area contributed by atoms with Crippen LogP contribution in [-0.4, -0.2) is 34.2 Å². The molecule has 0 aliphatic carbocycles. The third kappa shape index (κ3) is 2.99. The average Bonchev–Trinajstić information content (AvgIpc) is 2.67. The average molecular weight is 238 g/mol. The Hall–Kier alpha value is -1.52. The molecule has 0 saturated heterocycles. The van der Waals surface area contributed by atoms with Crippen molar-refractivity contribution in [3.05, 3.63) is 11.8 Å². The second-order valence-corrected chi connectivity index (χ2v) is 4.56. The van der Waals surface area contributed by atoms with Crippen LogP contribution in [0.1, 0.15) is 50.0 Å². The van der Waals surface area contributed by atoms with Crippen molar-refractivity contribution in [2.75, 3.05) is 19.3 Å². The Morgan fingerprint density at radius 3 is 2.71 bits per heavy atom. The number of anilines is 1. The van der Waals surface area contributed by atoms with Crippen molar-refractivity contribution in [3.63, 3.8) is 0 Å². The highest BCUT2D eigenvalue weighted by atomic mass is 16.2. The summed E-state index contributed by atoms with van der Waals surface area (Å²) in [5.74, 6) is 0.399. The lowest BCUT2D eigenvalue weighted by molar-refractivity contribution is 0.0794. The van der Waals surface area contributed by atoms with E-state index in [2.05, 4.69) is 12.0 Å². The predicted molar refractivity (Wildman–Crippen MR) is 68.9 cm³/mol. The van der Waals surface area contributed by atoms with Crippen molar-refractivity contribution < 1.29 is 4.79 Å². The first kappa shape index (κ1) is 13.5. The second kappa shape index (κ2) is 5.70. The lowest BCUT2D eigenvalue weighted by Crippen LogP contribution is -2.28. The molecule has 0 aromatic carbocycles. The highest BCUT2D eigenvalue weighted by molar-refractivity contribution is 5.98. The fourth-order valence-electron chi connectivity index (χ4n) is 1.65. The smallest absolute Gasteiger partial charge is 0.258 e. The van der Waals surface area contributed by atoms with E-state index in [1.54, 1.807) is 22.8 Å². The van der Waals surface area contributed by atoms with E-state index in [9.17, 15) is 4.79 Å². The number of hydrogen-bond donors (Lipinski definition) is 1. The van der Waals surface area contributed by atoms with Crippen molar-refractivity contribution in [2.24, 2.45) is 0 Å². The third-order valence-corrected chi connectivity index (χ3v) is 2.75. The molecule has 1 aromatic rings. The summed E-state index contributed by atoms with van der Waals surface area (Å²) in [7, 11) is 1.80. The van der Waals surface area contributed by atoms with Crippen LogP contribution in [0.3, 0.4) is 0 Å². The molecule has 0 spiro atoms. The van der Waals surface area contributed by atoms with Gasteiger partial charge in [-0.25, -0.2) is 4.68 Å². The van der Waals surface area contributed by atoms with Gasteiger partial charge in [-0.3, -0.25) is 4.79 Å². The number of carbonyl (C=O) groups excluding carboxylic acids is 1. The van der Waals surface area contributed by atoms with Crippen LogP contribution in [0.15, 0.2) is 6.20 Å². The highest BCUT2D eigenvalue weighted by Crippen LogP contribution is 2.17. The van der Waals surface area contributed by atoms with Crippen LogP contribution in [0.2, 0.25) is 0 Å². The normalized spacial score (nSPS) is 10.9. The molecule has 5 nitrogen and oxygen atoms in total. The van der Waals surface area contributed by atoms with Gasteiger partial charge in [0, 0.05) is 19.6 Å². The molecule has 96 valence electrons. The molecule has 1 aromatic heterocycles. The van der Waals surface area contributed by atoms with Gasteiger partial charge in [0.2, 0.25) is 0 Å². The van der Waals surface area contributed by atoms with Gasteiger partial charge in [0.25, 0.3) is 5.91 Å². The molecule has 0 aliphatic heterocycles. The molecule has 0 atom stereocenters. The first-order valence-electron chi connectivity index (χ1n) is 6.07. The van der Waals surface area contributed by atoms with Crippen LogP contribution < -0.4 is 5.73 Å². The highest BCUT2D eigenvalue weighted by Gasteiger charge is 2.19. The summed E-state index contributed by atoms with van der Waals surface area (Å²) >= 11 is 0. The number of nitrogens with two attached hydrogens (primary N) is 1. The standard InChI is InChI=1S/C12H22N4O/c1-5-6-7-15(4)12(17)10-8-14-16(9(2)3)11(10)13/h8-9H,5-7,13H2,1-4H3. The van der Waals surface area contributed by atoms with E-state index >= 15 is 0 Å². The molecular formula is C12H22N4O. The molecule has 2 N–H and O–H groups in total. The Kier molecular flexibility index (Phi) is 4.54. The number of aromatic nitrogens is 2. The maximum absolute atomic E-state index is 12.1. The summed E-state index contributed by atoms with van der Waals surface area (Å²) in [6, 6.07) is 0.164. The van der Waals surface area contributed by atoms with E-state index in [0.717, 1.165) is 19.4 Å². The van der Waals surface area contributed by atoms with Crippen molar-refractivity contribution in [1.82, 2.24) is 14.7 Å². The monoisotopic (exact) mass is 238 g/mol. The van der Waals surface area contributed by atoms with Crippen molar-refractivity contribution in [3.8, 4) is 0 Å². The van der Waals surface area contributed by atoms with Crippen LogP contribution in [0.25, 0.3) is 0 Å². The third-order valence-electron chi connectivity index (χ3n) is 2.75. The van der Waals surface area contributed by atoms with Crippen LogP contribution in [0.5, 0.6) is 0 Å². The second-order valence-electron chi connectivity index (χ2n) is 4.56. The summed E-state index contributed by atoms with van der Waals surface area (Å²) in [6.07, 6.45) is 3.62. The Morgan fingerprint density at radius 1 is 1.59 bits per heavy atom. The minimum Gasteiger partial charge on any atom is -0.383 e. The molecule has 0 aliphatic rings. The molecule has 1 rings (SSSR count). The molecular weight excluding hydrogens is 216 g/mol. The zero-order valence-electron chi connectivity index (χ0n) is 11.1. The van der Waals surface area contributed by atoms with Crippen LogP contribution in [0, 0.1) is 0 Å². The molecule has 1 amide bonds. The van der Waals surface area contributed by atoms with Crippen LogP contribution >= 0.6 is 0 Å². The van der Waals surface area contributed by atoms with E-state index in [4.69, 9.17) is 5.73 Å². The number of nitrogens with zero attached hydrogens (tertiary/aromatic N) is 3. The molecule has 5 heteroatoms. The minimum absolute atomic E-state index is 0.0529. The molecule has 0 bridgehead atoms. The molecule has 1 heterocycles. The lowest BCUT2D eigenvalue weighted by atomic mass is 10.2. The zero-order chi connectivity index (χ0) is 13.0. The molecule has 0 unspecified atom stereocenters. The van der Waals surface area contributed by atoms with E-state index in [1.165, 1.54) is 0 Å². The molecule has 0 fully saturated rings. The SMILES string of the molecule is CCCCN(C)C(=O)c1cnn(C(C)C)c1N. The molecule has 0 radical (unpaired) electrons. The van der Waals surface area contributed by atoms with Gasteiger partial charge in [0.05, 0.1) is 6.20 Å². The number of nitrogen functional groups attached to an aromatic ring is 1. The molecule has 17 heavy (non-hydrogen) atoms. The van der Waals surface area contributed by atoms with Crippen LogP contribution in [-0.2, 0) is 0 Å². The first-order valence-corrected chi connectivity index (χ1v) is 6.07. The summed E-state index contributed by atoms with van der Waals surface area (Å²) in [6.45, 7) is 6.82. The fourth-order valence-corrected chi connectivity index (χ4v) is 1.65. The number of rotatable bonds is 5. The van der Waals surface area contributed by atoms with Gasteiger partial charge in [0.15, 0.2) is 0 Å². The number of hydrogen-bond acceptors (Lipinski definition) is 3. The Bertz CT molecular complexity index is 384.